The SMILES string of the molecule is CCn1cc(C(=O)Nc2cccnc2N(C)C)cn1. The molecule has 2 aromatic rings. The molecule has 6 nitrogen and oxygen atoms in total. The first-order valence-corrected chi connectivity index (χ1v) is 6.08. The van der Waals surface area contributed by atoms with Gasteiger partial charge in [-0.25, -0.2) is 4.98 Å². The van der Waals surface area contributed by atoms with E-state index in [4.69, 9.17) is 0 Å². The molecule has 1 amide bonds. The number of aryl methyl sites for hydroxylation is 1. The van der Waals surface area contributed by atoms with Gasteiger partial charge in [0.2, 0.25) is 0 Å². The second kappa shape index (κ2) is 5.51. The molecule has 0 saturated carbocycles. The molecule has 0 saturated heterocycles. The van der Waals surface area contributed by atoms with E-state index in [1.165, 1.54) is 0 Å². The lowest BCUT2D eigenvalue weighted by molar-refractivity contribution is 0.102. The van der Waals surface area contributed by atoms with Crippen LogP contribution in [-0.2, 0) is 6.54 Å². The van der Waals surface area contributed by atoms with Gasteiger partial charge in [-0.1, -0.05) is 0 Å². The van der Waals surface area contributed by atoms with Crippen molar-refractivity contribution in [3.8, 4) is 0 Å². The van der Waals surface area contributed by atoms with Crippen molar-refractivity contribution in [2.75, 3.05) is 24.3 Å². The molecule has 2 heterocycles. The second-order valence-corrected chi connectivity index (χ2v) is 4.31. The normalized spacial score (nSPS) is 10.3. The summed E-state index contributed by atoms with van der Waals surface area (Å²) in [7, 11) is 3.76. The molecule has 0 aliphatic heterocycles. The fourth-order valence-corrected chi connectivity index (χ4v) is 1.70. The number of pyridine rings is 1. The number of anilines is 2. The summed E-state index contributed by atoms with van der Waals surface area (Å²) in [4.78, 5) is 18.2. The first-order valence-electron chi connectivity index (χ1n) is 6.08. The standard InChI is InChI=1S/C13H17N5O/c1-4-18-9-10(8-15-18)13(19)16-11-6-5-7-14-12(11)17(2)3/h5-9H,4H2,1-3H3,(H,16,19). The zero-order valence-electron chi connectivity index (χ0n) is 11.3. The third kappa shape index (κ3) is 2.90. The van der Waals surface area contributed by atoms with E-state index in [1.807, 2.05) is 32.0 Å². The maximum atomic E-state index is 12.1. The lowest BCUT2D eigenvalue weighted by atomic mass is 10.3. The third-order valence-electron chi connectivity index (χ3n) is 2.68. The highest BCUT2D eigenvalue weighted by molar-refractivity contribution is 6.05. The van der Waals surface area contributed by atoms with E-state index in [0.29, 0.717) is 11.3 Å². The topological polar surface area (TPSA) is 63.1 Å². The molecule has 0 aliphatic rings. The molecule has 0 fully saturated rings. The number of nitrogens with one attached hydrogen (secondary N) is 1. The number of carbonyl (C=O) groups excluding carboxylic acids is 1. The smallest absolute Gasteiger partial charge is 0.258 e. The van der Waals surface area contributed by atoms with Gasteiger partial charge in [0.25, 0.3) is 5.91 Å². The van der Waals surface area contributed by atoms with Crippen molar-refractivity contribution in [3.63, 3.8) is 0 Å². The summed E-state index contributed by atoms with van der Waals surface area (Å²) < 4.78 is 1.71. The van der Waals surface area contributed by atoms with Crippen molar-refractivity contribution < 1.29 is 4.79 Å². The van der Waals surface area contributed by atoms with Gasteiger partial charge >= 0.3 is 0 Å². The van der Waals surface area contributed by atoms with E-state index in [2.05, 4.69) is 15.4 Å². The lowest BCUT2D eigenvalue weighted by Gasteiger charge is -2.15. The Morgan fingerprint density at radius 2 is 2.26 bits per heavy atom. The van der Waals surface area contributed by atoms with Crippen LogP contribution in [0.1, 0.15) is 17.3 Å². The average molecular weight is 259 g/mol. The van der Waals surface area contributed by atoms with Gasteiger partial charge in [0.15, 0.2) is 5.82 Å². The van der Waals surface area contributed by atoms with Gasteiger partial charge in [-0.2, -0.15) is 5.10 Å². The highest BCUT2D eigenvalue weighted by Gasteiger charge is 2.12. The molecule has 1 N–H and O–H groups in total. The fourth-order valence-electron chi connectivity index (χ4n) is 1.70. The van der Waals surface area contributed by atoms with Gasteiger partial charge in [0.05, 0.1) is 17.4 Å². The van der Waals surface area contributed by atoms with Crippen molar-refractivity contribution in [1.29, 1.82) is 0 Å². The molecule has 6 heteroatoms. The highest BCUT2D eigenvalue weighted by Crippen LogP contribution is 2.20. The van der Waals surface area contributed by atoms with Crippen LogP contribution in [0.4, 0.5) is 11.5 Å². The molecular formula is C13H17N5O. The van der Waals surface area contributed by atoms with Crippen LogP contribution in [0.3, 0.4) is 0 Å². The van der Waals surface area contributed by atoms with Gasteiger partial charge in [0, 0.05) is 33.0 Å². The monoisotopic (exact) mass is 259 g/mol. The van der Waals surface area contributed by atoms with Gasteiger partial charge in [-0.05, 0) is 19.1 Å². The van der Waals surface area contributed by atoms with E-state index < -0.39 is 0 Å². The van der Waals surface area contributed by atoms with E-state index >= 15 is 0 Å². The minimum absolute atomic E-state index is 0.184. The Labute approximate surface area is 112 Å². The summed E-state index contributed by atoms with van der Waals surface area (Å²) in [6.45, 7) is 2.71. The molecule has 19 heavy (non-hydrogen) atoms. The molecule has 0 spiro atoms. The van der Waals surface area contributed by atoms with Crippen LogP contribution in [0.5, 0.6) is 0 Å². The first-order chi connectivity index (χ1) is 9.11. The summed E-state index contributed by atoms with van der Waals surface area (Å²) in [6, 6.07) is 3.61. The number of nitrogens with zero attached hydrogens (tertiary/aromatic N) is 4. The number of aromatic nitrogens is 3. The minimum atomic E-state index is -0.184. The van der Waals surface area contributed by atoms with Crippen LogP contribution < -0.4 is 10.2 Å². The number of hydrogen-bond donors (Lipinski definition) is 1. The Morgan fingerprint density at radius 3 is 2.89 bits per heavy atom. The van der Waals surface area contributed by atoms with Crippen LogP contribution in [0.15, 0.2) is 30.7 Å². The van der Waals surface area contributed by atoms with Crippen LogP contribution in [0.25, 0.3) is 0 Å². The van der Waals surface area contributed by atoms with E-state index in [9.17, 15) is 4.79 Å². The third-order valence-corrected chi connectivity index (χ3v) is 2.68. The average Bonchev–Trinajstić information content (AvgIpc) is 2.88. The Balaban J connectivity index is 2.19. The Hall–Kier alpha value is -2.37. The van der Waals surface area contributed by atoms with Crippen LogP contribution in [0.2, 0.25) is 0 Å². The molecule has 2 aromatic heterocycles. The van der Waals surface area contributed by atoms with E-state index in [-0.39, 0.29) is 5.91 Å². The number of amides is 1. The maximum absolute atomic E-state index is 12.1. The molecule has 0 aromatic carbocycles. The summed E-state index contributed by atoms with van der Waals surface area (Å²) in [5.74, 6) is 0.537. The zero-order chi connectivity index (χ0) is 13.8. The van der Waals surface area contributed by atoms with Crippen molar-refractivity contribution in [2.24, 2.45) is 0 Å². The Morgan fingerprint density at radius 1 is 1.47 bits per heavy atom. The second-order valence-electron chi connectivity index (χ2n) is 4.31. The molecular weight excluding hydrogens is 242 g/mol. The highest BCUT2D eigenvalue weighted by atomic mass is 16.1. The molecule has 0 unspecified atom stereocenters. The fraction of sp³-hybridized carbons (Fsp3) is 0.308. The van der Waals surface area contributed by atoms with Crippen LogP contribution >= 0.6 is 0 Å². The Bertz CT molecular complexity index is 576. The zero-order valence-corrected chi connectivity index (χ0v) is 11.3. The maximum Gasteiger partial charge on any atom is 0.258 e. The predicted octanol–water partition coefficient (Wildman–Crippen LogP) is 1.62. The quantitative estimate of drug-likeness (QED) is 0.906. The molecule has 0 bridgehead atoms. The summed E-state index contributed by atoms with van der Waals surface area (Å²) in [5.41, 5.74) is 1.22. The van der Waals surface area contributed by atoms with E-state index in [1.54, 1.807) is 29.3 Å². The predicted molar refractivity (Wildman–Crippen MR) is 74.4 cm³/mol. The molecule has 2 rings (SSSR count). The van der Waals surface area contributed by atoms with E-state index in [0.717, 1.165) is 12.4 Å². The minimum Gasteiger partial charge on any atom is -0.361 e. The molecule has 0 radical (unpaired) electrons. The number of carbonyl (C=O) groups is 1. The van der Waals surface area contributed by atoms with Crippen molar-refractivity contribution >= 4 is 17.4 Å². The largest absolute Gasteiger partial charge is 0.361 e. The Kier molecular flexibility index (Phi) is 3.79. The molecule has 0 atom stereocenters. The van der Waals surface area contributed by atoms with Crippen LogP contribution in [0, 0.1) is 0 Å². The van der Waals surface area contributed by atoms with Gasteiger partial charge in [-0.15, -0.1) is 0 Å². The summed E-state index contributed by atoms with van der Waals surface area (Å²) in [5, 5.41) is 6.93. The number of hydrogen-bond acceptors (Lipinski definition) is 4. The van der Waals surface area contributed by atoms with Crippen molar-refractivity contribution in [2.45, 2.75) is 13.5 Å². The van der Waals surface area contributed by atoms with Crippen LogP contribution in [-0.4, -0.2) is 34.8 Å². The van der Waals surface area contributed by atoms with Crippen molar-refractivity contribution in [3.05, 3.63) is 36.3 Å². The van der Waals surface area contributed by atoms with Gasteiger partial charge in [-0.3, -0.25) is 9.48 Å². The molecule has 0 aliphatic carbocycles. The number of rotatable bonds is 4. The summed E-state index contributed by atoms with van der Waals surface area (Å²) in [6.07, 6.45) is 4.98. The summed E-state index contributed by atoms with van der Waals surface area (Å²) >= 11 is 0. The van der Waals surface area contributed by atoms with Gasteiger partial charge < -0.3 is 10.2 Å². The molecule has 100 valence electrons. The van der Waals surface area contributed by atoms with Crippen molar-refractivity contribution in [1.82, 2.24) is 14.8 Å². The lowest BCUT2D eigenvalue weighted by Crippen LogP contribution is -2.17. The van der Waals surface area contributed by atoms with Gasteiger partial charge in [0.1, 0.15) is 0 Å². The first kappa shape index (κ1) is 13.1.